The largest absolute Gasteiger partial charge is 0.383 e. The van der Waals surface area contributed by atoms with Gasteiger partial charge in [0.1, 0.15) is 6.04 Å². The summed E-state index contributed by atoms with van der Waals surface area (Å²) in [7, 11) is 1.61. The van der Waals surface area contributed by atoms with Crippen LogP contribution in [0.2, 0.25) is 0 Å². The lowest BCUT2D eigenvalue weighted by molar-refractivity contribution is -0.141. The molecule has 27 heavy (non-hydrogen) atoms. The predicted molar refractivity (Wildman–Crippen MR) is 109 cm³/mol. The second kappa shape index (κ2) is 10.0. The summed E-state index contributed by atoms with van der Waals surface area (Å²) in [5.41, 5.74) is 0. The van der Waals surface area contributed by atoms with E-state index in [1.54, 1.807) is 23.3 Å². The number of carbonyl (C=O) groups excluding carboxylic acids is 2. The summed E-state index contributed by atoms with van der Waals surface area (Å²) in [5.74, 6) is -0.130. The molecule has 0 unspecified atom stereocenters. The molecule has 0 saturated heterocycles. The van der Waals surface area contributed by atoms with Gasteiger partial charge in [-0.15, -0.1) is 22.7 Å². The Hall–Kier alpha value is -1.70. The molecule has 0 spiro atoms. The Morgan fingerprint density at radius 3 is 2.59 bits per heavy atom. The third-order valence-electron chi connectivity index (χ3n) is 4.84. The normalized spacial score (nSPS) is 15.6. The van der Waals surface area contributed by atoms with E-state index in [1.807, 2.05) is 35.0 Å². The molecular weight excluding hydrogens is 380 g/mol. The Bertz CT molecular complexity index is 710. The molecule has 0 radical (unpaired) electrons. The molecule has 1 saturated carbocycles. The maximum Gasteiger partial charge on any atom is 0.248 e. The summed E-state index contributed by atoms with van der Waals surface area (Å²) in [6.07, 6.45) is 4.65. The maximum atomic E-state index is 13.2. The molecule has 0 aliphatic heterocycles. The van der Waals surface area contributed by atoms with Crippen LogP contribution in [0.15, 0.2) is 35.0 Å². The van der Waals surface area contributed by atoms with Crippen LogP contribution in [-0.4, -0.2) is 43.0 Å². The highest BCUT2D eigenvalue weighted by atomic mass is 32.1. The number of hydrogen-bond donors (Lipinski definition) is 1. The first-order valence-electron chi connectivity index (χ1n) is 9.33. The Kier molecular flexibility index (Phi) is 7.43. The lowest BCUT2D eigenvalue weighted by atomic mass is 10.1. The molecule has 1 aliphatic carbocycles. The number of rotatable bonds is 9. The average Bonchev–Trinajstić information content (AvgIpc) is 3.41. The molecule has 2 amide bonds. The molecule has 3 rings (SSSR count). The lowest BCUT2D eigenvalue weighted by Crippen LogP contribution is -2.47. The maximum absolute atomic E-state index is 13.2. The Morgan fingerprint density at radius 1 is 1.22 bits per heavy atom. The molecule has 7 heteroatoms. The fraction of sp³-hybridized carbons (Fsp3) is 0.500. The summed E-state index contributed by atoms with van der Waals surface area (Å²) in [4.78, 5) is 29.8. The number of amides is 2. The second-order valence-corrected chi connectivity index (χ2v) is 8.76. The minimum atomic E-state index is -0.604. The molecule has 2 aromatic heterocycles. The number of hydrogen-bond acceptors (Lipinski definition) is 5. The molecule has 146 valence electrons. The van der Waals surface area contributed by atoms with Crippen molar-refractivity contribution in [2.24, 2.45) is 0 Å². The molecule has 2 aromatic rings. The highest BCUT2D eigenvalue weighted by Gasteiger charge is 2.33. The van der Waals surface area contributed by atoms with Crippen LogP contribution in [0.4, 0.5) is 0 Å². The van der Waals surface area contributed by atoms with Gasteiger partial charge < -0.3 is 15.0 Å². The van der Waals surface area contributed by atoms with E-state index in [4.69, 9.17) is 4.74 Å². The summed E-state index contributed by atoms with van der Waals surface area (Å²) in [6, 6.07) is 7.37. The van der Waals surface area contributed by atoms with Crippen LogP contribution in [0.25, 0.3) is 0 Å². The van der Waals surface area contributed by atoms with Gasteiger partial charge in [0, 0.05) is 29.5 Å². The summed E-state index contributed by atoms with van der Waals surface area (Å²) in [5, 5.41) is 7.09. The van der Waals surface area contributed by atoms with Gasteiger partial charge in [-0.3, -0.25) is 9.59 Å². The second-order valence-electron chi connectivity index (χ2n) is 6.74. The van der Waals surface area contributed by atoms with Crippen molar-refractivity contribution in [1.29, 1.82) is 0 Å². The van der Waals surface area contributed by atoms with Gasteiger partial charge in [0.2, 0.25) is 11.8 Å². The minimum Gasteiger partial charge on any atom is -0.383 e. The fourth-order valence-corrected chi connectivity index (χ4v) is 5.00. The van der Waals surface area contributed by atoms with Gasteiger partial charge in [-0.1, -0.05) is 25.0 Å². The SMILES string of the molecule is COCCN(C(=O)Cc1cccs1)[C@H](C(=O)NC1CCCC1)c1cccs1. The van der Waals surface area contributed by atoms with E-state index in [0.29, 0.717) is 19.6 Å². The van der Waals surface area contributed by atoms with Crippen molar-refractivity contribution >= 4 is 34.5 Å². The van der Waals surface area contributed by atoms with Crippen molar-refractivity contribution in [2.75, 3.05) is 20.3 Å². The van der Waals surface area contributed by atoms with Gasteiger partial charge in [0.05, 0.1) is 13.0 Å². The van der Waals surface area contributed by atoms with Crippen LogP contribution in [-0.2, 0) is 20.7 Å². The zero-order chi connectivity index (χ0) is 19.1. The van der Waals surface area contributed by atoms with Crippen molar-refractivity contribution < 1.29 is 14.3 Å². The monoisotopic (exact) mass is 406 g/mol. The van der Waals surface area contributed by atoms with Crippen molar-refractivity contribution in [3.05, 3.63) is 44.8 Å². The van der Waals surface area contributed by atoms with Gasteiger partial charge >= 0.3 is 0 Å². The topological polar surface area (TPSA) is 58.6 Å². The molecule has 1 fully saturated rings. The van der Waals surface area contributed by atoms with Gasteiger partial charge in [-0.25, -0.2) is 0 Å². The predicted octanol–water partition coefficient (Wildman–Crippen LogP) is 3.63. The highest BCUT2D eigenvalue weighted by Crippen LogP contribution is 2.28. The molecule has 0 bridgehead atoms. The third kappa shape index (κ3) is 5.40. The Balaban J connectivity index is 1.82. The first-order valence-corrected chi connectivity index (χ1v) is 11.1. The van der Waals surface area contributed by atoms with Crippen molar-refractivity contribution in [1.82, 2.24) is 10.2 Å². The molecule has 1 N–H and O–H groups in total. The van der Waals surface area contributed by atoms with Gasteiger partial charge in [-0.2, -0.15) is 0 Å². The Labute approximate surface area is 168 Å². The van der Waals surface area contributed by atoms with E-state index in [-0.39, 0.29) is 17.9 Å². The van der Waals surface area contributed by atoms with E-state index >= 15 is 0 Å². The first kappa shape index (κ1) is 20.0. The summed E-state index contributed by atoms with van der Waals surface area (Å²) in [6.45, 7) is 0.788. The number of ether oxygens (including phenoxy) is 1. The van der Waals surface area contributed by atoms with Gasteiger partial charge in [-0.05, 0) is 35.7 Å². The molecule has 1 aliphatic rings. The van der Waals surface area contributed by atoms with E-state index in [1.165, 1.54) is 11.3 Å². The molecule has 1 atom stereocenters. The number of nitrogens with zero attached hydrogens (tertiary/aromatic N) is 1. The van der Waals surface area contributed by atoms with Gasteiger partial charge in [0.15, 0.2) is 0 Å². The smallest absolute Gasteiger partial charge is 0.248 e. The van der Waals surface area contributed by atoms with E-state index in [2.05, 4.69) is 5.32 Å². The molecular formula is C20H26N2O3S2. The number of carbonyl (C=O) groups is 2. The molecule has 5 nitrogen and oxygen atoms in total. The van der Waals surface area contributed by atoms with Crippen molar-refractivity contribution in [3.8, 4) is 0 Å². The van der Waals surface area contributed by atoms with Crippen molar-refractivity contribution in [3.63, 3.8) is 0 Å². The summed E-state index contributed by atoms with van der Waals surface area (Å²) < 4.78 is 5.22. The fourth-order valence-electron chi connectivity index (χ4n) is 3.47. The van der Waals surface area contributed by atoms with Crippen molar-refractivity contribution in [2.45, 2.75) is 44.2 Å². The first-order chi connectivity index (χ1) is 13.2. The number of thiophene rings is 2. The van der Waals surface area contributed by atoms with Gasteiger partial charge in [0.25, 0.3) is 0 Å². The average molecular weight is 407 g/mol. The van der Waals surface area contributed by atoms with Crippen LogP contribution in [0, 0.1) is 0 Å². The van der Waals surface area contributed by atoms with Crippen LogP contribution in [0.3, 0.4) is 0 Å². The molecule has 2 heterocycles. The standard InChI is InChI=1S/C20H26N2O3S2/c1-25-11-10-22(18(23)14-16-8-4-12-26-16)19(17-9-5-13-27-17)20(24)21-15-6-2-3-7-15/h4-5,8-9,12-13,15,19H,2-3,6-7,10-11,14H2,1H3,(H,21,24)/t19-/m0/s1. The van der Waals surface area contributed by atoms with E-state index < -0.39 is 6.04 Å². The lowest BCUT2D eigenvalue weighted by Gasteiger charge is -2.31. The van der Waals surface area contributed by atoms with Crippen LogP contribution >= 0.6 is 22.7 Å². The van der Waals surface area contributed by atoms with E-state index in [0.717, 1.165) is 35.4 Å². The van der Waals surface area contributed by atoms with Crippen LogP contribution < -0.4 is 5.32 Å². The van der Waals surface area contributed by atoms with Crippen LogP contribution in [0.1, 0.15) is 41.5 Å². The van der Waals surface area contributed by atoms with Crippen LogP contribution in [0.5, 0.6) is 0 Å². The van der Waals surface area contributed by atoms with E-state index in [9.17, 15) is 9.59 Å². The number of nitrogens with one attached hydrogen (secondary N) is 1. The number of methoxy groups -OCH3 is 1. The minimum absolute atomic E-state index is 0.0468. The summed E-state index contributed by atoms with van der Waals surface area (Å²) >= 11 is 3.07. The zero-order valence-electron chi connectivity index (χ0n) is 15.6. The zero-order valence-corrected chi connectivity index (χ0v) is 17.2. The molecule has 0 aromatic carbocycles. The highest BCUT2D eigenvalue weighted by molar-refractivity contribution is 7.10. The quantitative estimate of drug-likeness (QED) is 0.692. The third-order valence-corrected chi connectivity index (χ3v) is 6.64. The Morgan fingerprint density at radius 2 is 1.96 bits per heavy atom.